The number of hydrogen-bond donors (Lipinski definition) is 1. The lowest BCUT2D eigenvalue weighted by molar-refractivity contribution is 0.517. The molecule has 0 saturated carbocycles. The Morgan fingerprint density at radius 2 is 2.11 bits per heavy atom. The minimum atomic E-state index is 0.227. The smallest absolute Gasteiger partial charge is 0.0928 e. The van der Waals surface area contributed by atoms with Crippen LogP contribution < -0.4 is 5.32 Å². The van der Waals surface area contributed by atoms with E-state index in [1.165, 1.54) is 17.1 Å². The van der Waals surface area contributed by atoms with Gasteiger partial charge in [0.15, 0.2) is 0 Å². The van der Waals surface area contributed by atoms with Crippen molar-refractivity contribution in [1.29, 1.82) is 0 Å². The summed E-state index contributed by atoms with van der Waals surface area (Å²) in [5, 5.41) is 10.4. The molecule has 0 aliphatic heterocycles. The number of hydrogen-bond acceptors (Lipinski definition) is 4. The number of rotatable bonds is 6. The van der Waals surface area contributed by atoms with E-state index >= 15 is 0 Å². The van der Waals surface area contributed by atoms with Gasteiger partial charge in [0.1, 0.15) is 0 Å². The highest BCUT2D eigenvalue weighted by Crippen LogP contribution is 2.19. The number of nitrogens with zero attached hydrogens (tertiary/aromatic N) is 2. The summed E-state index contributed by atoms with van der Waals surface area (Å²) in [6.45, 7) is 3.14. The van der Waals surface area contributed by atoms with E-state index in [4.69, 9.17) is 11.6 Å². The van der Waals surface area contributed by atoms with Crippen LogP contribution in [-0.4, -0.2) is 16.1 Å². The molecule has 1 aromatic heterocycles. The minimum absolute atomic E-state index is 0.227. The van der Waals surface area contributed by atoms with E-state index in [-0.39, 0.29) is 6.04 Å². The lowest BCUT2D eigenvalue weighted by Crippen LogP contribution is -2.24. The predicted molar refractivity (Wildman–Crippen MR) is 76.1 cm³/mol. The van der Waals surface area contributed by atoms with Crippen molar-refractivity contribution < 1.29 is 0 Å². The van der Waals surface area contributed by atoms with Crippen molar-refractivity contribution in [2.45, 2.75) is 25.8 Å². The van der Waals surface area contributed by atoms with E-state index < -0.39 is 0 Å². The zero-order valence-corrected chi connectivity index (χ0v) is 11.8. The van der Waals surface area contributed by atoms with Crippen LogP contribution in [0.3, 0.4) is 0 Å². The molecule has 0 aliphatic rings. The van der Waals surface area contributed by atoms with Crippen LogP contribution in [0.2, 0.25) is 5.02 Å². The second kappa shape index (κ2) is 6.83. The van der Waals surface area contributed by atoms with Crippen LogP contribution in [0.15, 0.2) is 29.6 Å². The zero-order chi connectivity index (χ0) is 12.8. The van der Waals surface area contributed by atoms with Gasteiger partial charge in [-0.1, -0.05) is 35.1 Å². The molecule has 0 radical (unpaired) electrons. The molecule has 1 atom stereocenters. The highest BCUT2D eigenvalue weighted by Gasteiger charge is 2.14. The van der Waals surface area contributed by atoms with E-state index in [1.54, 1.807) is 0 Å². The van der Waals surface area contributed by atoms with Crippen LogP contribution in [0, 0.1) is 0 Å². The van der Waals surface area contributed by atoms with Crippen molar-refractivity contribution in [3.05, 3.63) is 45.9 Å². The standard InChI is InChI=1S/C13H16ClN3S/c1-2-7-15-12(13-9-18-17-16-13)8-10-3-5-11(14)6-4-10/h3-6,9,12,15H,2,7-8H2,1H3. The van der Waals surface area contributed by atoms with Gasteiger partial charge >= 0.3 is 0 Å². The fraction of sp³-hybridized carbons (Fsp3) is 0.385. The third kappa shape index (κ3) is 3.77. The Labute approximate surface area is 116 Å². The molecule has 0 saturated heterocycles. The fourth-order valence-corrected chi connectivity index (χ4v) is 2.41. The van der Waals surface area contributed by atoms with Gasteiger partial charge in [0.05, 0.1) is 11.7 Å². The number of halogens is 1. The average Bonchev–Trinajstić information content (AvgIpc) is 2.90. The summed E-state index contributed by atoms with van der Waals surface area (Å²) in [6, 6.07) is 8.19. The van der Waals surface area contributed by atoms with Crippen molar-refractivity contribution in [3.63, 3.8) is 0 Å². The van der Waals surface area contributed by atoms with E-state index in [2.05, 4.69) is 34.0 Å². The first-order valence-electron chi connectivity index (χ1n) is 6.04. The van der Waals surface area contributed by atoms with E-state index in [0.717, 1.165) is 30.1 Å². The van der Waals surface area contributed by atoms with Gasteiger partial charge in [-0.2, -0.15) is 0 Å². The van der Waals surface area contributed by atoms with Gasteiger partial charge in [0, 0.05) is 10.4 Å². The van der Waals surface area contributed by atoms with Crippen molar-refractivity contribution >= 4 is 23.1 Å². The topological polar surface area (TPSA) is 37.8 Å². The van der Waals surface area contributed by atoms with Gasteiger partial charge in [0.2, 0.25) is 0 Å². The Morgan fingerprint density at radius 1 is 1.33 bits per heavy atom. The quantitative estimate of drug-likeness (QED) is 0.881. The monoisotopic (exact) mass is 281 g/mol. The molecule has 0 bridgehead atoms. The van der Waals surface area contributed by atoms with Crippen molar-refractivity contribution in [2.75, 3.05) is 6.54 Å². The van der Waals surface area contributed by atoms with Gasteiger partial charge in [-0.3, -0.25) is 0 Å². The molecule has 1 N–H and O–H groups in total. The molecular weight excluding hydrogens is 266 g/mol. The summed E-state index contributed by atoms with van der Waals surface area (Å²) >= 11 is 7.29. The molecular formula is C13H16ClN3S. The van der Waals surface area contributed by atoms with Gasteiger partial charge < -0.3 is 5.32 Å². The van der Waals surface area contributed by atoms with Gasteiger partial charge in [-0.15, -0.1) is 5.10 Å². The summed E-state index contributed by atoms with van der Waals surface area (Å²) in [5.74, 6) is 0. The first-order valence-corrected chi connectivity index (χ1v) is 7.26. The highest BCUT2D eigenvalue weighted by atomic mass is 35.5. The molecule has 96 valence electrons. The minimum Gasteiger partial charge on any atom is -0.308 e. The van der Waals surface area contributed by atoms with Gasteiger partial charge in [-0.25, -0.2) is 0 Å². The lowest BCUT2D eigenvalue weighted by Gasteiger charge is -2.16. The third-order valence-electron chi connectivity index (χ3n) is 2.73. The first-order chi connectivity index (χ1) is 8.79. The lowest BCUT2D eigenvalue weighted by atomic mass is 10.0. The van der Waals surface area contributed by atoms with E-state index in [0.29, 0.717) is 0 Å². The first kappa shape index (κ1) is 13.5. The van der Waals surface area contributed by atoms with E-state index in [9.17, 15) is 0 Å². The molecule has 0 amide bonds. The average molecular weight is 282 g/mol. The number of nitrogens with one attached hydrogen (secondary N) is 1. The van der Waals surface area contributed by atoms with Gasteiger partial charge in [-0.05, 0) is 48.6 Å². The Hall–Kier alpha value is -0.970. The number of benzene rings is 1. The van der Waals surface area contributed by atoms with Crippen LogP contribution in [0.4, 0.5) is 0 Å². The maximum Gasteiger partial charge on any atom is 0.0928 e. The summed E-state index contributed by atoms with van der Waals surface area (Å²) < 4.78 is 3.94. The maximum atomic E-state index is 5.90. The summed E-state index contributed by atoms with van der Waals surface area (Å²) in [6.07, 6.45) is 2.01. The Morgan fingerprint density at radius 3 is 2.72 bits per heavy atom. The second-order valence-electron chi connectivity index (χ2n) is 4.17. The SMILES string of the molecule is CCCNC(Cc1ccc(Cl)cc1)c1csnn1. The number of aromatic nitrogens is 2. The van der Waals surface area contributed by atoms with Crippen molar-refractivity contribution in [2.24, 2.45) is 0 Å². The van der Waals surface area contributed by atoms with Crippen LogP contribution >= 0.6 is 23.1 Å². The molecule has 2 rings (SSSR count). The maximum absolute atomic E-state index is 5.90. The van der Waals surface area contributed by atoms with E-state index in [1.807, 2.05) is 17.5 Å². The summed E-state index contributed by atoms with van der Waals surface area (Å²) in [7, 11) is 0. The molecule has 18 heavy (non-hydrogen) atoms. The van der Waals surface area contributed by atoms with Crippen LogP contribution in [0.5, 0.6) is 0 Å². The van der Waals surface area contributed by atoms with Crippen molar-refractivity contribution in [1.82, 2.24) is 14.9 Å². The predicted octanol–water partition coefficient (Wildman–Crippen LogP) is 3.47. The molecule has 0 aliphatic carbocycles. The normalized spacial score (nSPS) is 12.6. The van der Waals surface area contributed by atoms with Crippen molar-refractivity contribution in [3.8, 4) is 0 Å². The molecule has 1 heterocycles. The molecule has 0 spiro atoms. The van der Waals surface area contributed by atoms with Crippen LogP contribution in [0.25, 0.3) is 0 Å². The van der Waals surface area contributed by atoms with Crippen LogP contribution in [-0.2, 0) is 6.42 Å². The van der Waals surface area contributed by atoms with Gasteiger partial charge in [0.25, 0.3) is 0 Å². The molecule has 1 aromatic carbocycles. The molecule has 3 nitrogen and oxygen atoms in total. The largest absolute Gasteiger partial charge is 0.308 e. The Bertz CT molecular complexity index is 456. The summed E-state index contributed by atoms with van der Waals surface area (Å²) in [4.78, 5) is 0. The Balaban J connectivity index is 2.07. The zero-order valence-electron chi connectivity index (χ0n) is 10.3. The molecule has 2 aromatic rings. The molecule has 1 unspecified atom stereocenters. The highest BCUT2D eigenvalue weighted by molar-refractivity contribution is 7.03. The molecule has 5 heteroatoms. The van der Waals surface area contributed by atoms with Crippen LogP contribution in [0.1, 0.15) is 30.6 Å². The third-order valence-corrected chi connectivity index (χ3v) is 3.50. The molecule has 0 fully saturated rings. The summed E-state index contributed by atoms with van der Waals surface area (Å²) in [5.41, 5.74) is 2.27. The Kier molecular flexibility index (Phi) is 5.11. The second-order valence-corrected chi connectivity index (χ2v) is 5.21. The fourth-order valence-electron chi connectivity index (χ4n) is 1.78.